The van der Waals surface area contributed by atoms with E-state index in [0.717, 1.165) is 31.9 Å². The van der Waals surface area contributed by atoms with Crippen LogP contribution in [0.15, 0.2) is 17.4 Å². The van der Waals surface area contributed by atoms with Crippen LogP contribution in [0.2, 0.25) is 0 Å². The maximum atomic E-state index is 11.6. The van der Waals surface area contributed by atoms with E-state index in [9.17, 15) is 8.42 Å². The van der Waals surface area contributed by atoms with E-state index in [1.807, 2.05) is 17.9 Å². The van der Waals surface area contributed by atoms with Gasteiger partial charge in [-0.25, -0.2) is 8.42 Å². The van der Waals surface area contributed by atoms with Crippen LogP contribution in [0.1, 0.15) is 38.2 Å². The molecule has 0 spiro atoms. The summed E-state index contributed by atoms with van der Waals surface area (Å²) in [6, 6.07) is 0.295. The first-order valence-corrected chi connectivity index (χ1v) is 10.9. The molecule has 0 aliphatic carbocycles. The van der Waals surface area contributed by atoms with Crippen LogP contribution < -0.4 is 5.32 Å². The van der Waals surface area contributed by atoms with Gasteiger partial charge >= 0.3 is 0 Å². The molecule has 2 atom stereocenters. The molecule has 2 aliphatic heterocycles. The molecule has 2 unspecified atom stereocenters. The first-order valence-electron chi connectivity index (χ1n) is 9.07. The molecule has 7 nitrogen and oxygen atoms in total. The zero-order valence-corrected chi connectivity index (χ0v) is 18.9. The van der Waals surface area contributed by atoms with Crippen molar-refractivity contribution in [3.63, 3.8) is 0 Å². The van der Waals surface area contributed by atoms with Crippen molar-refractivity contribution < 1.29 is 8.42 Å². The van der Waals surface area contributed by atoms with Gasteiger partial charge in [0.2, 0.25) is 0 Å². The Balaban J connectivity index is 0.00000243. The predicted molar refractivity (Wildman–Crippen MR) is 115 cm³/mol. The molecule has 0 radical (unpaired) electrons. The third-order valence-corrected chi connectivity index (χ3v) is 6.76. The van der Waals surface area contributed by atoms with Gasteiger partial charge in [0, 0.05) is 44.8 Å². The van der Waals surface area contributed by atoms with Crippen LogP contribution in [0.3, 0.4) is 0 Å². The van der Waals surface area contributed by atoms with Crippen molar-refractivity contribution in [1.29, 1.82) is 0 Å². The molecule has 26 heavy (non-hydrogen) atoms. The fourth-order valence-electron chi connectivity index (χ4n) is 3.60. The first-order chi connectivity index (χ1) is 11.8. The summed E-state index contributed by atoms with van der Waals surface area (Å²) in [5.41, 5.74) is 1.27. The highest BCUT2D eigenvalue weighted by Gasteiger charge is 2.30. The second-order valence-electron chi connectivity index (χ2n) is 7.61. The molecule has 0 saturated carbocycles. The number of nitrogens with one attached hydrogen (secondary N) is 1. The highest BCUT2D eigenvalue weighted by molar-refractivity contribution is 14.0. The van der Waals surface area contributed by atoms with Gasteiger partial charge in [0.25, 0.3) is 0 Å². The Labute approximate surface area is 173 Å². The zero-order valence-electron chi connectivity index (χ0n) is 15.8. The molecule has 0 amide bonds. The number of aryl methyl sites for hydroxylation is 1. The fraction of sp³-hybridized carbons (Fsp3) is 0.765. The van der Waals surface area contributed by atoms with Gasteiger partial charge in [0.05, 0.1) is 17.7 Å². The average molecular weight is 495 g/mol. The molecule has 1 aromatic heterocycles. The summed E-state index contributed by atoms with van der Waals surface area (Å²) in [4.78, 5) is 7.07. The number of sulfone groups is 1. The van der Waals surface area contributed by atoms with Crippen molar-refractivity contribution >= 4 is 39.8 Å². The molecule has 148 valence electrons. The molecule has 3 rings (SSSR count). The van der Waals surface area contributed by atoms with Crippen molar-refractivity contribution in [2.75, 3.05) is 31.1 Å². The Morgan fingerprint density at radius 1 is 1.42 bits per heavy atom. The van der Waals surface area contributed by atoms with Gasteiger partial charge in [-0.05, 0) is 38.2 Å². The van der Waals surface area contributed by atoms with E-state index in [2.05, 4.69) is 35.4 Å². The van der Waals surface area contributed by atoms with Crippen LogP contribution in [0.4, 0.5) is 0 Å². The van der Waals surface area contributed by atoms with Crippen LogP contribution in [0, 0.1) is 5.92 Å². The lowest BCUT2D eigenvalue weighted by atomic mass is 10.0. The van der Waals surface area contributed by atoms with E-state index in [4.69, 9.17) is 4.99 Å². The lowest BCUT2D eigenvalue weighted by molar-refractivity contribution is 0.470. The molecule has 2 saturated heterocycles. The quantitative estimate of drug-likeness (QED) is 0.390. The monoisotopic (exact) mass is 495 g/mol. The van der Waals surface area contributed by atoms with Crippen LogP contribution in [-0.4, -0.2) is 66.2 Å². The average Bonchev–Trinajstić information content (AvgIpc) is 3.23. The first kappa shape index (κ1) is 21.5. The number of hydrogen-bond acceptors (Lipinski definition) is 4. The highest BCUT2D eigenvalue weighted by atomic mass is 127. The Kier molecular flexibility index (Phi) is 7.35. The number of hydrogen-bond donors (Lipinski definition) is 1. The predicted octanol–water partition coefficient (Wildman–Crippen LogP) is 1.62. The van der Waals surface area contributed by atoms with Crippen molar-refractivity contribution in [2.24, 2.45) is 18.0 Å². The number of guanidine groups is 1. The zero-order chi connectivity index (χ0) is 18.0. The topological polar surface area (TPSA) is 79.6 Å². The number of nitrogens with zero attached hydrogens (tertiary/aromatic N) is 4. The van der Waals surface area contributed by atoms with Gasteiger partial charge in [-0.3, -0.25) is 9.67 Å². The Morgan fingerprint density at radius 3 is 2.77 bits per heavy atom. The summed E-state index contributed by atoms with van der Waals surface area (Å²) in [6.45, 7) is 6.67. The molecule has 2 fully saturated rings. The van der Waals surface area contributed by atoms with Gasteiger partial charge in [-0.1, -0.05) is 0 Å². The third kappa shape index (κ3) is 5.58. The molecule has 1 aromatic rings. The molecule has 9 heteroatoms. The smallest absolute Gasteiger partial charge is 0.194 e. The molecule has 0 aromatic carbocycles. The van der Waals surface area contributed by atoms with Gasteiger partial charge < -0.3 is 10.2 Å². The minimum Gasteiger partial charge on any atom is -0.354 e. The van der Waals surface area contributed by atoms with E-state index < -0.39 is 9.84 Å². The lowest BCUT2D eigenvalue weighted by Gasteiger charge is -2.24. The van der Waals surface area contributed by atoms with Crippen molar-refractivity contribution in [2.45, 2.75) is 38.6 Å². The number of halogens is 1. The van der Waals surface area contributed by atoms with Crippen LogP contribution in [0.25, 0.3) is 0 Å². The normalized spacial score (nSPS) is 25.5. The van der Waals surface area contributed by atoms with E-state index in [0.29, 0.717) is 24.3 Å². The highest BCUT2D eigenvalue weighted by Crippen LogP contribution is 2.27. The van der Waals surface area contributed by atoms with Crippen molar-refractivity contribution in [1.82, 2.24) is 20.0 Å². The SMILES string of the molecule is CC(C)NC(=NCC1CCS(=O)(=O)C1)N1CCC(c2cnn(C)c2)C1.I. The Hall–Kier alpha value is -0.840. The molecule has 2 aliphatic rings. The van der Waals surface area contributed by atoms with E-state index in [1.54, 1.807) is 0 Å². The lowest BCUT2D eigenvalue weighted by Crippen LogP contribution is -2.43. The second-order valence-corrected chi connectivity index (χ2v) is 9.84. The molecule has 0 bridgehead atoms. The van der Waals surface area contributed by atoms with E-state index in [-0.39, 0.29) is 35.6 Å². The maximum absolute atomic E-state index is 11.6. The summed E-state index contributed by atoms with van der Waals surface area (Å²) in [6.07, 6.45) is 5.86. The van der Waals surface area contributed by atoms with E-state index in [1.165, 1.54) is 5.56 Å². The number of aliphatic imine (C=N–C) groups is 1. The van der Waals surface area contributed by atoms with Crippen molar-refractivity contribution in [3.8, 4) is 0 Å². The number of likely N-dealkylation sites (tertiary alicyclic amines) is 1. The summed E-state index contributed by atoms with van der Waals surface area (Å²) < 4.78 is 25.1. The maximum Gasteiger partial charge on any atom is 0.194 e. The van der Waals surface area contributed by atoms with Gasteiger partial charge in [0.15, 0.2) is 15.8 Å². The minimum absolute atomic E-state index is 0. The van der Waals surface area contributed by atoms with Gasteiger partial charge in [0.1, 0.15) is 0 Å². The van der Waals surface area contributed by atoms with Crippen LogP contribution >= 0.6 is 24.0 Å². The van der Waals surface area contributed by atoms with Gasteiger partial charge in [-0.2, -0.15) is 5.10 Å². The van der Waals surface area contributed by atoms with Gasteiger partial charge in [-0.15, -0.1) is 24.0 Å². The largest absolute Gasteiger partial charge is 0.354 e. The number of aromatic nitrogens is 2. The van der Waals surface area contributed by atoms with Crippen LogP contribution in [-0.2, 0) is 16.9 Å². The summed E-state index contributed by atoms with van der Waals surface area (Å²) in [7, 11) is -0.897. The Morgan fingerprint density at radius 2 is 2.19 bits per heavy atom. The molecule has 1 N–H and O–H groups in total. The van der Waals surface area contributed by atoms with Crippen LogP contribution in [0.5, 0.6) is 0 Å². The fourth-order valence-corrected chi connectivity index (χ4v) is 5.45. The molecular formula is C17H30IN5O2S. The molecule has 3 heterocycles. The molecular weight excluding hydrogens is 465 g/mol. The summed E-state index contributed by atoms with van der Waals surface area (Å²) in [5, 5.41) is 7.73. The third-order valence-electron chi connectivity index (χ3n) is 4.93. The summed E-state index contributed by atoms with van der Waals surface area (Å²) >= 11 is 0. The van der Waals surface area contributed by atoms with E-state index >= 15 is 0 Å². The minimum atomic E-state index is -2.84. The number of rotatable bonds is 4. The standard InChI is InChI=1S/C17H29N5O2S.HI/c1-13(2)20-17(18-8-14-5-7-25(23,24)12-14)22-6-4-15(11-22)16-9-19-21(3)10-16;/h9-10,13-15H,4-8,11-12H2,1-3H3,(H,18,20);1H. The summed E-state index contributed by atoms with van der Waals surface area (Å²) in [5.74, 6) is 2.13. The Bertz CT molecular complexity index is 731. The second kappa shape index (κ2) is 8.90. The van der Waals surface area contributed by atoms with Crippen molar-refractivity contribution in [3.05, 3.63) is 18.0 Å².